The minimum absolute atomic E-state index is 0.310. The van der Waals surface area contributed by atoms with Gasteiger partial charge in [-0.3, -0.25) is 9.10 Å². The maximum Gasteiger partial charge on any atom is 0.241 e. The van der Waals surface area contributed by atoms with Gasteiger partial charge >= 0.3 is 0 Å². The maximum atomic E-state index is 13.0. The monoisotopic (exact) mass is 500 g/mol. The quantitative estimate of drug-likeness (QED) is 0.509. The summed E-state index contributed by atoms with van der Waals surface area (Å²) in [6, 6.07) is 22.4. The van der Waals surface area contributed by atoms with Crippen molar-refractivity contribution in [1.29, 1.82) is 0 Å². The van der Waals surface area contributed by atoms with Gasteiger partial charge in [0.05, 0.1) is 18.0 Å². The highest BCUT2D eigenvalue weighted by atomic mass is 79.9. The molecule has 0 aliphatic heterocycles. The number of sulfonamides is 1. The highest BCUT2D eigenvalue weighted by Crippen LogP contribution is 2.26. The molecule has 1 atom stereocenters. The lowest BCUT2D eigenvalue weighted by Gasteiger charge is -2.25. The summed E-state index contributed by atoms with van der Waals surface area (Å²) in [6.45, 7) is 3.57. The largest absolute Gasteiger partial charge is 0.344 e. The van der Waals surface area contributed by atoms with E-state index in [1.165, 1.54) is 0 Å². The number of benzene rings is 3. The Morgan fingerprint density at radius 2 is 1.58 bits per heavy atom. The molecule has 0 aromatic heterocycles. The summed E-state index contributed by atoms with van der Waals surface area (Å²) < 4.78 is 26.9. The normalized spacial score (nSPS) is 12.3. The van der Waals surface area contributed by atoms with Crippen LogP contribution < -0.4 is 9.62 Å². The van der Waals surface area contributed by atoms with Crippen LogP contribution in [-0.4, -0.2) is 27.1 Å². The minimum Gasteiger partial charge on any atom is -0.344 e. The molecule has 1 N–H and O–H groups in total. The molecule has 5 nitrogen and oxygen atoms in total. The van der Waals surface area contributed by atoms with Crippen molar-refractivity contribution in [3.8, 4) is 0 Å². The molecule has 0 unspecified atom stereocenters. The first-order valence-corrected chi connectivity index (χ1v) is 12.4. The molecule has 0 saturated heterocycles. The molecule has 0 aliphatic carbocycles. The number of amides is 1. The van der Waals surface area contributed by atoms with E-state index in [4.69, 9.17) is 0 Å². The topological polar surface area (TPSA) is 66.5 Å². The van der Waals surface area contributed by atoms with Crippen LogP contribution in [-0.2, 0) is 14.8 Å². The predicted molar refractivity (Wildman–Crippen MR) is 129 cm³/mol. The molecule has 31 heavy (non-hydrogen) atoms. The number of rotatable bonds is 7. The van der Waals surface area contributed by atoms with Gasteiger partial charge in [0.25, 0.3) is 0 Å². The van der Waals surface area contributed by atoms with Crippen molar-refractivity contribution in [3.63, 3.8) is 0 Å². The van der Waals surface area contributed by atoms with Gasteiger partial charge in [0.15, 0.2) is 0 Å². The number of hydrogen-bond acceptors (Lipinski definition) is 3. The SMILES string of the molecule is Cc1ccc([C@H](NC(=O)CN(c2ccc(Br)c(C)c2)S(C)(=O)=O)c2ccccc2)cc1. The van der Waals surface area contributed by atoms with Gasteiger partial charge in [-0.1, -0.05) is 76.1 Å². The smallest absolute Gasteiger partial charge is 0.241 e. The molecule has 162 valence electrons. The molecule has 3 rings (SSSR count). The third-order valence-corrected chi connectivity index (χ3v) is 7.00. The molecular formula is C24H25BrN2O3S. The Hall–Kier alpha value is -2.64. The molecule has 0 saturated carbocycles. The summed E-state index contributed by atoms with van der Waals surface area (Å²) in [5, 5.41) is 3.01. The van der Waals surface area contributed by atoms with Crippen molar-refractivity contribution in [2.24, 2.45) is 0 Å². The third-order valence-electron chi connectivity index (χ3n) is 4.97. The molecule has 0 heterocycles. The molecule has 3 aromatic rings. The van der Waals surface area contributed by atoms with Gasteiger partial charge in [-0.05, 0) is 48.7 Å². The molecular weight excluding hydrogens is 476 g/mol. The Morgan fingerprint density at radius 1 is 0.968 bits per heavy atom. The summed E-state index contributed by atoms with van der Waals surface area (Å²) >= 11 is 3.42. The van der Waals surface area contributed by atoms with Gasteiger partial charge in [0, 0.05) is 4.47 Å². The Kier molecular flexibility index (Phi) is 7.18. The number of nitrogens with zero attached hydrogens (tertiary/aromatic N) is 1. The van der Waals surface area contributed by atoms with E-state index in [-0.39, 0.29) is 18.5 Å². The molecule has 0 aliphatic rings. The van der Waals surface area contributed by atoms with Crippen molar-refractivity contribution in [2.45, 2.75) is 19.9 Å². The van der Waals surface area contributed by atoms with Crippen LogP contribution in [0.5, 0.6) is 0 Å². The number of anilines is 1. The lowest BCUT2D eigenvalue weighted by atomic mass is 9.98. The first kappa shape index (κ1) is 23.0. The van der Waals surface area contributed by atoms with Crippen LogP contribution in [0, 0.1) is 13.8 Å². The molecule has 3 aromatic carbocycles. The van der Waals surface area contributed by atoms with E-state index in [1.807, 2.05) is 68.4 Å². The third kappa shape index (κ3) is 5.95. The van der Waals surface area contributed by atoms with Gasteiger partial charge in [-0.15, -0.1) is 0 Å². The second-order valence-electron chi connectivity index (χ2n) is 7.53. The standard InChI is InChI=1S/C24H25BrN2O3S/c1-17-9-11-20(12-10-17)24(19-7-5-4-6-8-19)26-23(28)16-27(31(3,29)30)21-13-14-22(25)18(2)15-21/h4-15,24H,16H2,1-3H3,(H,26,28)/t24-/m1/s1. The van der Waals surface area contributed by atoms with Gasteiger partial charge in [-0.25, -0.2) is 8.42 Å². The summed E-state index contributed by atoms with van der Waals surface area (Å²) in [5.41, 5.74) is 4.30. The fourth-order valence-electron chi connectivity index (χ4n) is 3.28. The number of aryl methyl sites for hydroxylation is 2. The number of carbonyl (C=O) groups is 1. The second-order valence-corrected chi connectivity index (χ2v) is 10.3. The molecule has 0 spiro atoms. The van der Waals surface area contributed by atoms with Crippen LogP contribution in [0.4, 0.5) is 5.69 Å². The van der Waals surface area contributed by atoms with Gasteiger partial charge in [0.1, 0.15) is 6.54 Å². The van der Waals surface area contributed by atoms with Crippen molar-refractivity contribution in [2.75, 3.05) is 17.1 Å². The average Bonchev–Trinajstić information content (AvgIpc) is 2.73. The zero-order chi connectivity index (χ0) is 22.6. The fourth-order valence-corrected chi connectivity index (χ4v) is 4.38. The maximum absolute atomic E-state index is 13.0. The zero-order valence-electron chi connectivity index (χ0n) is 17.7. The van der Waals surface area contributed by atoms with Crippen molar-refractivity contribution >= 4 is 37.5 Å². The molecule has 0 bridgehead atoms. The van der Waals surface area contributed by atoms with E-state index in [9.17, 15) is 13.2 Å². The first-order valence-electron chi connectivity index (χ1n) is 9.80. The number of hydrogen-bond donors (Lipinski definition) is 1. The Bertz CT molecular complexity index is 1160. The van der Waals surface area contributed by atoms with Crippen molar-refractivity contribution in [1.82, 2.24) is 5.32 Å². The highest BCUT2D eigenvalue weighted by Gasteiger charge is 2.24. The van der Waals surface area contributed by atoms with E-state index >= 15 is 0 Å². The van der Waals surface area contributed by atoms with Gasteiger partial charge in [-0.2, -0.15) is 0 Å². The van der Waals surface area contributed by atoms with Gasteiger partial charge < -0.3 is 5.32 Å². The van der Waals surface area contributed by atoms with Gasteiger partial charge in [0.2, 0.25) is 15.9 Å². The molecule has 0 fully saturated rings. The van der Waals surface area contributed by atoms with E-state index in [1.54, 1.807) is 18.2 Å². The summed E-state index contributed by atoms with van der Waals surface area (Å²) in [7, 11) is -3.66. The second kappa shape index (κ2) is 9.66. The lowest BCUT2D eigenvalue weighted by molar-refractivity contribution is -0.120. The highest BCUT2D eigenvalue weighted by molar-refractivity contribution is 9.10. The van der Waals surface area contributed by atoms with Crippen LogP contribution in [0.25, 0.3) is 0 Å². The molecule has 7 heteroatoms. The molecule has 1 amide bonds. The number of halogens is 1. The van der Waals surface area contributed by atoms with Crippen LogP contribution >= 0.6 is 15.9 Å². The average molecular weight is 501 g/mol. The summed E-state index contributed by atoms with van der Waals surface area (Å²) in [4.78, 5) is 13.0. The fraction of sp³-hybridized carbons (Fsp3) is 0.208. The predicted octanol–water partition coefficient (Wildman–Crippen LogP) is 4.74. The Labute approximate surface area is 192 Å². The lowest BCUT2D eigenvalue weighted by Crippen LogP contribution is -2.41. The number of carbonyl (C=O) groups excluding carboxylic acids is 1. The van der Waals surface area contributed by atoms with E-state index in [2.05, 4.69) is 21.2 Å². The summed E-state index contributed by atoms with van der Waals surface area (Å²) in [6.07, 6.45) is 1.10. The Balaban J connectivity index is 1.89. The minimum atomic E-state index is -3.66. The van der Waals surface area contributed by atoms with Crippen molar-refractivity contribution in [3.05, 3.63) is 99.5 Å². The van der Waals surface area contributed by atoms with E-state index in [0.717, 1.165) is 37.3 Å². The zero-order valence-corrected chi connectivity index (χ0v) is 20.1. The van der Waals surface area contributed by atoms with Crippen LogP contribution in [0.1, 0.15) is 28.3 Å². The first-order chi connectivity index (χ1) is 14.6. The van der Waals surface area contributed by atoms with Crippen LogP contribution in [0.3, 0.4) is 0 Å². The van der Waals surface area contributed by atoms with Crippen LogP contribution in [0.2, 0.25) is 0 Å². The number of nitrogens with one attached hydrogen (secondary N) is 1. The Morgan fingerprint density at radius 3 is 2.16 bits per heavy atom. The van der Waals surface area contributed by atoms with Crippen molar-refractivity contribution < 1.29 is 13.2 Å². The summed E-state index contributed by atoms with van der Waals surface area (Å²) in [5.74, 6) is -0.388. The van der Waals surface area contributed by atoms with E-state index < -0.39 is 10.0 Å². The van der Waals surface area contributed by atoms with Crippen LogP contribution in [0.15, 0.2) is 77.3 Å². The molecule has 0 radical (unpaired) electrons. The van der Waals surface area contributed by atoms with E-state index in [0.29, 0.717) is 5.69 Å².